The number of carbonyl (C=O) groups is 2. The van der Waals surface area contributed by atoms with E-state index in [1.54, 1.807) is 11.0 Å². The minimum absolute atomic E-state index is 0.164. The number of likely N-dealkylation sites (tertiary alicyclic amines) is 1. The van der Waals surface area contributed by atoms with Crippen molar-refractivity contribution in [1.29, 1.82) is 0 Å². The molecule has 1 saturated heterocycles. The number of benzene rings is 3. The summed E-state index contributed by atoms with van der Waals surface area (Å²) in [7, 11) is 0. The average Bonchev–Trinajstić information content (AvgIpc) is 3.54. The molecular weight excluding hydrogens is 492 g/mol. The predicted molar refractivity (Wildman–Crippen MR) is 149 cm³/mol. The third-order valence-corrected chi connectivity index (χ3v) is 7.96. The number of hydrogen-bond donors (Lipinski definition) is 3. The Balaban J connectivity index is 1.31. The van der Waals surface area contributed by atoms with E-state index in [-0.39, 0.29) is 11.8 Å². The smallest absolute Gasteiger partial charge is 0.247 e. The van der Waals surface area contributed by atoms with Crippen LogP contribution in [0.25, 0.3) is 0 Å². The molecule has 0 aliphatic carbocycles. The number of fused-ring (bicyclic) bond motifs is 6. The molecule has 0 radical (unpaired) electrons. The first-order chi connectivity index (χ1) is 18.8. The number of nitrogen functional groups attached to an aromatic ring is 1. The number of nitrogens with zero attached hydrogens (tertiary/aromatic N) is 1. The molecule has 5 N–H and O–H groups in total. The highest BCUT2D eigenvalue weighted by Crippen LogP contribution is 2.56. The van der Waals surface area contributed by atoms with Crippen LogP contribution in [0, 0.1) is 5.92 Å². The minimum Gasteiger partial charge on any atom is -0.456 e. The van der Waals surface area contributed by atoms with Crippen molar-refractivity contribution in [2.45, 2.75) is 57.4 Å². The van der Waals surface area contributed by atoms with Gasteiger partial charge in [0.25, 0.3) is 0 Å². The third kappa shape index (κ3) is 4.24. The number of amides is 2. The van der Waals surface area contributed by atoms with Crippen LogP contribution in [-0.4, -0.2) is 35.3 Å². The molecule has 3 aromatic carbocycles. The van der Waals surface area contributed by atoms with E-state index in [1.165, 1.54) is 0 Å². The number of nitrogens with two attached hydrogens (primary N) is 2. The van der Waals surface area contributed by atoms with Crippen molar-refractivity contribution in [2.75, 3.05) is 17.6 Å². The lowest BCUT2D eigenvalue weighted by atomic mass is 9.77. The van der Waals surface area contributed by atoms with Gasteiger partial charge in [0.1, 0.15) is 17.5 Å². The van der Waals surface area contributed by atoms with Crippen molar-refractivity contribution in [3.63, 3.8) is 0 Å². The number of ether oxygens (including phenoxy) is 2. The van der Waals surface area contributed by atoms with Gasteiger partial charge >= 0.3 is 0 Å². The first kappa shape index (κ1) is 25.4. The molecule has 2 amide bonds. The fraction of sp³-hybridized carbons (Fsp3) is 0.355. The second-order valence-electron chi connectivity index (χ2n) is 11.1. The molecule has 0 saturated carbocycles. The lowest BCUT2D eigenvalue weighted by Gasteiger charge is -2.37. The lowest BCUT2D eigenvalue weighted by molar-refractivity contribution is -0.138. The maximum atomic E-state index is 13.4. The van der Waals surface area contributed by atoms with Crippen molar-refractivity contribution in [3.8, 4) is 11.5 Å². The Labute approximate surface area is 228 Å². The van der Waals surface area contributed by atoms with Gasteiger partial charge in [-0.3, -0.25) is 9.59 Å². The molecule has 1 spiro atoms. The average molecular weight is 527 g/mol. The van der Waals surface area contributed by atoms with Gasteiger partial charge in [-0.25, -0.2) is 0 Å². The van der Waals surface area contributed by atoms with Crippen LogP contribution >= 0.6 is 0 Å². The van der Waals surface area contributed by atoms with Gasteiger partial charge in [0.05, 0.1) is 12.6 Å². The number of hydrogen-bond acceptors (Lipinski definition) is 6. The molecule has 8 nitrogen and oxygen atoms in total. The van der Waals surface area contributed by atoms with Crippen molar-refractivity contribution in [3.05, 3.63) is 82.9 Å². The van der Waals surface area contributed by atoms with Crippen molar-refractivity contribution in [1.82, 2.24) is 4.90 Å². The zero-order valence-electron chi connectivity index (χ0n) is 22.3. The SMILES string of the molecule is CC(C)CC(N)C(=O)N1CCC[C@H]1C(=O)Nc1ccc2c(c1)Oc1cc(N)ccc1C21OCc2ccccc21. The van der Waals surface area contributed by atoms with Gasteiger partial charge in [-0.15, -0.1) is 0 Å². The van der Waals surface area contributed by atoms with E-state index in [4.69, 9.17) is 20.9 Å². The molecule has 8 heteroatoms. The fourth-order valence-electron chi connectivity index (χ4n) is 6.20. The van der Waals surface area contributed by atoms with Crippen molar-refractivity contribution >= 4 is 23.2 Å². The molecule has 3 aliphatic rings. The van der Waals surface area contributed by atoms with Gasteiger partial charge in [0.2, 0.25) is 11.8 Å². The maximum Gasteiger partial charge on any atom is 0.247 e. The predicted octanol–water partition coefficient (Wildman–Crippen LogP) is 4.50. The molecule has 3 aromatic rings. The fourth-order valence-corrected chi connectivity index (χ4v) is 6.20. The normalized spacial score (nSPS) is 21.7. The number of nitrogens with one attached hydrogen (secondary N) is 1. The maximum absolute atomic E-state index is 13.4. The van der Waals surface area contributed by atoms with E-state index < -0.39 is 17.7 Å². The summed E-state index contributed by atoms with van der Waals surface area (Å²) in [6.07, 6.45) is 1.96. The molecule has 0 aromatic heterocycles. The van der Waals surface area contributed by atoms with Crippen LogP contribution in [-0.2, 0) is 26.5 Å². The first-order valence-corrected chi connectivity index (χ1v) is 13.6. The van der Waals surface area contributed by atoms with E-state index >= 15 is 0 Å². The second kappa shape index (κ2) is 9.70. The van der Waals surface area contributed by atoms with E-state index in [0.29, 0.717) is 54.8 Å². The molecule has 0 bridgehead atoms. The highest BCUT2D eigenvalue weighted by atomic mass is 16.5. The van der Waals surface area contributed by atoms with Gasteiger partial charge in [-0.1, -0.05) is 38.1 Å². The zero-order chi connectivity index (χ0) is 27.3. The van der Waals surface area contributed by atoms with Gasteiger partial charge < -0.3 is 31.2 Å². The van der Waals surface area contributed by atoms with Crippen LogP contribution in [0.3, 0.4) is 0 Å². The Hall–Kier alpha value is -3.88. The molecule has 39 heavy (non-hydrogen) atoms. The van der Waals surface area contributed by atoms with Crippen LogP contribution in [0.5, 0.6) is 11.5 Å². The van der Waals surface area contributed by atoms with Gasteiger partial charge in [0, 0.05) is 41.2 Å². The molecule has 3 atom stereocenters. The van der Waals surface area contributed by atoms with E-state index in [1.807, 2.05) is 56.3 Å². The Bertz CT molecular complexity index is 1450. The summed E-state index contributed by atoms with van der Waals surface area (Å²) in [5, 5.41) is 3.01. The summed E-state index contributed by atoms with van der Waals surface area (Å²) in [5.41, 5.74) is 16.6. The van der Waals surface area contributed by atoms with Gasteiger partial charge in [-0.2, -0.15) is 0 Å². The van der Waals surface area contributed by atoms with Crippen LogP contribution in [0.4, 0.5) is 11.4 Å². The molecule has 202 valence electrons. The Morgan fingerprint density at radius 2 is 1.79 bits per heavy atom. The highest BCUT2D eigenvalue weighted by Gasteiger charge is 2.49. The van der Waals surface area contributed by atoms with Crippen LogP contribution in [0.1, 0.15) is 55.4 Å². The zero-order valence-corrected chi connectivity index (χ0v) is 22.3. The number of rotatable bonds is 5. The van der Waals surface area contributed by atoms with Crippen LogP contribution in [0.15, 0.2) is 60.7 Å². The highest BCUT2D eigenvalue weighted by molar-refractivity contribution is 5.98. The summed E-state index contributed by atoms with van der Waals surface area (Å²) in [5.74, 6) is 1.11. The van der Waals surface area contributed by atoms with E-state index in [0.717, 1.165) is 28.7 Å². The van der Waals surface area contributed by atoms with Crippen LogP contribution in [0.2, 0.25) is 0 Å². The largest absolute Gasteiger partial charge is 0.456 e. The third-order valence-electron chi connectivity index (χ3n) is 7.96. The topological polar surface area (TPSA) is 120 Å². The summed E-state index contributed by atoms with van der Waals surface area (Å²) in [6.45, 7) is 5.08. The Morgan fingerprint density at radius 1 is 1.05 bits per heavy atom. The standard InChI is InChI=1S/C31H34N4O4/c1-18(2)14-25(33)30(37)35-13-5-8-26(35)29(36)34-21-10-12-24-28(16-21)39-27-15-20(32)9-11-23(27)31(24)22-7-4-3-6-19(22)17-38-31/h3-4,6-7,9-12,15-16,18,25-26H,5,8,13-14,17,32-33H2,1-2H3,(H,34,36)/t25?,26-,31?/m0/s1. The van der Waals surface area contributed by atoms with E-state index in [2.05, 4.69) is 17.4 Å². The summed E-state index contributed by atoms with van der Waals surface area (Å²) < 4.78 is 12.9. The first-order valence-electron chi connectivity index (χ1n) is 13.6. The van der Waals surface area contributed by atoms with Crippen molar-refractivity contribution < 1.29 is 19.1 Å². The minimum atomic E-state index is -0.836. The van der Waals surface area contributed by atoms with Gasteiger partial charge in [-0.05, 0) is 60.6 Å². The number of carbonyl (C=O) groups excluding carboxylic acids is 2. The van der Waals surface area contributed by atoms with Gasteiger partial charge in [0.15, 0.2) is 5.60 Å². The lowest BCUT2D eigenvalue weighted by Crippen LogP contribution is -2.50. The monoisotopic (exact) mass is 526 g/mol. The molecule has 3 aliphatic heterocycles. The van der Waals surface area contributed by atoms with Crippen LogP contribution < -0.4 is 21.5 Å². The molecule has 6 rings (SSSR count). The molecule has 2 unspecified atom stereocenters. The quantitative estimate of drug-likeness (QED) is 0.421. The summed E-state index contributed by atoms with van der Waals surface area (Å²) >= 11 is 0. The Kier molecular flexibility index (Phi) is 6.32. The van der Waals surface area contributed by atoms with E-state index in [9.17, 15) is 9.59 Å². The van der Waals surface area contributed by atoms with Crippen molar-refractivity contribution in [2.24, 2.45) is 11.7 Å². The molecule has 3 heterocycles. The number of anilines is 2. The summed E-state index contributed by atoms with van der Waals surface area (Å²) in [6, 6.07) is 18.3. The summed E-state index contributed by atoms with van der Waals surface area (Å²) in [4.78, 5) is 28.0. The molecule has 1 fully saturated rings. The second-order valence-corrected chi connectivity index (χ2v) is 11.1. The molecular formula is C31H34N4O4. The Morgan fingerprint density at radius 3 is 2.59 bits per heavy atom.